The molecule has 82 valence electrons. The van der Waals surface area contributed by atoms with E-state index in [1.807, 2.05) is 14.1 Å². The van der Waals surface area contributed by atoms with Crippen molar-refractivity contribution in [2.24, 2.45) is 5.92 Å². The van der Waals surface area contributed by atoms with E-state index in [4.69, 9.17) is 0 Å². The van der Waals surface area contributed by atoms with Crippen LogP contribution >= 0.6 is 0 Å². The van der Waals surface area contributed by atoms with Crippen molar-refractivity contribution in [1.82, 2.24) is 9.80 Å². The Morgan fingerprint density at radius 3 is 1.86 bits per heavy atom. The Hall–Kier alpha value is -0.570. The summed E-state index contributed by atoms with van der Waals surface area (Å²) in [6, 6.07) is 0.682. The van der Waals surface area contributed by atoms with Crippen molar-refractivity contribution in [2.45, 2.75) is 31.7 Å². The van der Waals surface area contributed by atoms with Crippen molar-refractivity contribution in [3.63, 3.8) is 0 Å². The Morgan fingerprint density at radius 1 is 1.00 bits per heavy atom. The Balaban J connectivity index is 2.39. The van der Waals surface area contributed by atoms with Gasteiger partial charge in [0, 0.05) is 26.1 Å². The minimum atomic E-state index is 0.279. The molecule has 1 amide bonds. The standard InChI is InChI=1S/C11H22N2O/c1-12(2)10-7-5-9(6-8-10)11(14)13(3)4/h9-10H,5-8H2,1-4H3/t9-,10-. The van der Waals surface area contributed by atoms with Crippen LogP contribution in [0.1, 0.15) is 25.7 Å². The van der Waals surface area contributed by atoms with Gasteiger partial charge in [-0.25, -0.2) is 0 Å². The number of carbonyl (C=O) groups is 1. The third-order valence-electron chi connectivity index (χ3n) is 3.22. The van der Waals surface area contributed by atoms with Gasteiger partial charge in [-0.05, 0) is 39.8 Å². The van der Waals surface area contributed by atoms with Crippen molar-refractivity contribution in [2.75, 3.05) is 28.2 Å². The average molecular weight is 198 g/mol. The third kappa shape index (κ3) is 2.71. The van der Waals surface area contributed by atoms with E-state index in [1.165, 1.54) is 0 Å². The van der Waals surface area contributed by atoms with Crippen molar-refractivity contribution in [3.8, 4) is 0 Å². The minimum Gasteiger partial charge on any atom is -0.349 e. The number of rotatable bonds is 2. The molecule has 0 heterocycles. The van der Waals surface area contributed by atoms with Crippen LogP contribution < -0.4 is 0 Å². The summed E-state index contributed by atoms with van der Waals surface area (Å²) in [6.07, 6.45) is 4.44. The molecule has 1 saturated carbocycles. The lowest BCUT2D eigenvalue weighted by Gasteiger charge is -2.32. The fourth-order valence-corrected chi connectivity index (χ4v) is 2.20. The molecule has 0 aliphatic heterocycles. The van der Waals surface area contributed by atoms with Gasteiger partial charge in [-0.3, -0.25) is 4.79 Å². The minimum absolute atomic E-state index is 0.279. The molecule has 3 nitrogen and oxygen atoms in total. The first-order chi connectivity index (χ1) is 6.52. The van der Waals surface area contributed by atoms with Crippen LogP contribution in [0, 0.1) is 5.92 Å². The van der Waals surface area contributed by atoms with Crippen LogP contribution in [0.2, 0.25) is 0 Å². The second-order valence-electron chi connectivity index (χ2n) is 4.70. The monoisotopic (exact) mass is 198 g/mol. The summed E-state index contributed by atoms with van der Waals surface area (Å²) in [5, 5.41) is 0. The quantitative estimate of drug-likeness (QED) is 0.665. The van der Waals surface area contributed by atoms with Gasteiger partial charge in [-0.2, -0.15) is 0 Å². The van der Waals surface area contributed by atoms with Crippen LogP contribution in [0.3, 0.4) is 0 Å². The van der Waals surface area contributed by atoms with E-state index < -0.39 is 0 Å². The zero-order valence-corrected chi connectivity index (χ0v) is 9.79. The second kappa shape index (κ2) is 4.78. The molecule has 0 radical (unpaired) electrons. The van der Waals surface area contributed by atoms with E-state index in [9.17, 15) is 4.79 Å². The summed E-state index contributed by atoms with van der Waals surface area (Å²) in [5.74, 6) is 0.586. The van der Waals surface area contributed by atoms with E-state index in [0.29, 0.717) is 11.9 Å². The van der Waals surface area contributed by atoms with Gasteiger partial charge < -0.3 is 9.80 Å². The fourth-order valence-electron chi connectivity index (χ4n) is 2.20. The maximum absolute atomic E-state index is 11.7. The van der Waals surface area contributed by atoms with E-state index in [0.717, 1.165) is 25.7 Å². The van der Waals surface area contributed by atoms with Crippen molar-refractivity contribution < 1.29 is 4.79 Å². The summed E-state index contributed by atoms with van der Waals surface area (Å²) >= 11 is 0. The highest BCUT2D eigenvalue weighted by molar-refractivity contribution is 5.78. The molecule has 0 atom stereocenters. The third-order valence-corrected chi connectivity index (χ3v) is 3.22. The van der Waals surface area contributed by atoms with Crippen LogP contribution in [0.4, 0.5) is 0 Å². The van der Waals surface area contributed by atoms with Crippen molar-refractivity contribution in [1.29, 1.82) is 0 Å². The lowest BCUT2D eigenvalue weighted by Crippen LogP contribution is -2.37. The smallest absolute Gasteiger partial charge is 0.225 e. The van der Waals surface area contributed by atoms with E-state index >= 15 is 0 Å². The number of amides is 1. The molecule has 0 bridgehead atoms. The molecule has 0 aromatic heterocycles. The summed E-state index contributed by atoms with van der Waals surface area (Å²) in [4.78, 5) is 15.7. The molecular formula is C11H22N2O. The van der Waals surface area contributed by atoms with Crippen LogP contribution in [-0.4, -0.2) is 49.9 Å². The molecule has 1 aliphatic rings. The van der Waals surface area contributed by atoms with E-state index in [1.54, 1.807) is 4.90 Å². The van der Waals surface area contributed by atoms with Gasteiger partial charge in [0.2, 0.25) is 5.91 Å². The molecule has 1 rings (SSSR count). The Bertz CT molecular complexity index is 193. The van der Waals surface area contributed by atoms with Crippen LogP contribution in [0.25, 0.3) is 0 Å². The molecule has 0 aromatic carbocycles. The summed E-state index contributed by atoms with van der Waals surface area (Å²) in [5.41, 5.74) is 0. The molecule has 1 aliphatic carbocycles. The molecule has 0 spiro atoms. The Labute approximate surface area is 87.1 Å². The van der Waals surface area contributed by atoms with Gasteiger partial charge in [-0.15, -0.1) is 0 Å². The zero-order valence-electron chi connectivity index (χ0n) is 9.79. The van der Waals surface area contributed by atoms with Crippen LogP contribution in [0.15, 0.2) is 0 Å². The first-order valence-electron chi connectivity index (χ1n) is 5.40. The highest BCUT2D eigenvalue weighted by Gasteiger charge is 2.27. The van der Waals surface area contributed by atoms with Crippen molar-refractivity contribution >= 4 is 5.91 Å². The molecular weight excluding hydrogens is 176 g/mol. The number of nitrogens with zero attached hydrogens (tertiary/aromatic N) is 2. The summed E-state index contributed by atoms with van der Waals surface area (Å²) in [6.45, 7) is 0. The van der Waals surface area contributed by atoms with E-state index in [2.05, 4.69) is 19.0 Å². The Morgan fingerprint density at radius 2 is 1.50 bits per heavy atom. The Kier molecular flexibility index (Phi) is 3.93. The van der Waals surface area contributed by atoms with Crippen molar-refractivity contribution in [3.05, 3.63) is 0 Å². The van der Waals surface area contributed by atoms with Crippen LogP contribution in [-0.2, 0) is 4.79 Å². The highest BCUT2D eigenvalue weighted by atomic mass is 16.2. The van der Waals surface area contributed by atoms with Gasteiger partial charge >= 0.3 is 0 Å². The molecule has 0 N–H and O–H groups in total. The SMILES string of the molecule is CN(C)C(=O)[C@H]1CC[C@H](N(C)C)CC1. The first kappa shape index (κ1) is 11.5. The zero-order chi connectivity index (χ0) is 10.7. The number of hydrogen-bond acceptors (Lipinski definition) is 2. The average Bonchev–Trinajstić information content (AvgIpc) is 2.16. The summed E-state index contributed by atoms with van der Waals surface area (Å²) in [7, 11) is 7.94. The molecule has 0 aromatic rings. The number of carbonyl (C=O) groups excluding carboxylic acids is 1. The highest BCUT2D eigenvalue weighted by Crippen LogP contribution is 2.27. The van der Waals surface area contributed by atoms with Gasteiger partial charge in [0.25, 0.3) is 0 Å². The van der Waals surface area contributed by atoms with Gasteiger partial charge in [0.1, 0.15) is 0 Å². The predicted octanol–water partition coefficient (Wildman–Crippen LogP) is 1.19. The molecule has 3 heteroatoms. The van der Waals surface area contributed by atoms with Gasteiger partial charge in [0.05, 0.1) is 0 Å². The maximum Gasteiger partial charge on any atom is 0.225 e. The van der Waals surface area contributed by atoms with Crippen LogP contribution in [0.5, 0.6) is 0 Å². The topological polar surface area (TPSA) is 23.6 Å². The molecule has 0 saturated heterocycles. The fraction of sp³-hybridized carbons (Fsp3) is 0.909. The largest absolute Gasteiger partial charge is 0.349 e. The lowest BCUT2D eigenvalue weighted by atomic mass is 9.85. The molecule has 1 fully saturated rings. The first-order valence-corrected chi connectivity index (χ1v) is 5.40. The lowest BCUT2D eigenvalue weighted by molar-refractivity contribution is -0.134. The summed E-state index contributed by atoms with van der Waals surface area (Å²) < 4.78 is 0. The number of hydrogen-bond donors (Lipinski definition) is 0. The van der Waals surface area contributed by atoms with Gasteiger partial charge in [0.15, 0.2) is 0 Å². The normalized spacial score (nSPS) is 27.8. The predicted molar refractivity (Wildman–Crippen MR) is 58.1 cm³/mol. The van der Waals surface area contributed by atoms with E-state index in [-0.39, 0.29) is 5.92 Å². The second-order valence-corrected chi connectivity index (χ2v) is 4.70. The molecule has 0 unspecified atom stereocenters. The molecule has 14 heavy (non-hydrogen) atoms. The maximum atomic E-state index is 11.7. The van der Waals surface area contributed by atoms with Gasteiger partial charge in [-0.1, -0.05) is 0 Å².